The van der Waals surface area contributed by atoms with E-state index >= 15 is 0 Å². The fraction of sp³-hybridized carbons (Fsp3) is 0.364. The van der Waals surface area contributed by atoms with E-state index in [1.165, 1.54) is 6.07 Å². The lowest BCUT2D eigenvalue weighted by Crippen LogP contribution is -2.11. The topological polar surface area (TPSA) is 104 Å². The molecule has 1 aromatic rings. The zero-order chi connectivity index (χ0) is 14.0. The first-order valence-electron chi connectivity index (χ1n) is 5.69. The summed E-state index contributed by atoms with van der Waals surface area (Å²) in [7, 11) is 0. The molecular weight excluding hydrogens is 274 g/mol. The van der Waals surface area contributed by atoms with Crippen molar-refractivity contribution in [2.24, 2.45) is 5.92 Å². The van der Waals surface area contributed by atoms with E-state index in [4.69, 9.17) is 16.7 Å². The van der Waals surface area contributed by atoms with Crippen molar-refractivity contribution in [1.82, 2.24) is 0 Å². The summed E-state index contributed by atoms with van der Waals surface area (Å²) in [6.07, 6.45) is 0.939. The molecule has 19 heavy (non-hydrogen) atoms. The van der Waals surface area contributed by atoms with E-state index in [0.717, 1.165) is 25.5 Å². The van der Waals surface area contributed by atoms with Crippen molar-refractivity contribution in [3.05, 3.63) is 27.3 Å². The molecule has 0 saturated heterocycles. The fourth-order valence-corrected chi connectivity index (χ4v) is 1.87. The molecule has 3 N–H and O–H groups in total. The molecule has 8 heteroatoms. The van der Waals surface area contributed by atoms with E-state index < -0.39 is 11.0 Å². The smallest absolute Gasteiger partial charge is 0.409 e. The summed E-state index contributed by atoms with van der Waals surface area (Å²) >= 11 is 5.94. The Labute approximate surface area is 113 Å². The zero-order valence-corrected chi connectivity index (χ0v) is 10.6. The molecule has 0 radical (unpaired) electrons. The summed E-state index contributed by atoms with van der Waals surface area (Å²) < 4.78 is 0. The van der Waals surface area contributed by atoms with E-state index in [0.29, 0.717) is 11.6 Å². The number of carboxylic acid groups (broad SMARTS) is 1. The van der Waals surface area contributed by atoms with E-state index in [9.17, 15) is 14.9 Å². The maximum atomic E-state index is 10.8. The summed E-state index contributed by atoms with van der Waals surface area (Å²) in [6.45, 7) is 0.726. The van der Waals surface area contributed by atoms with Gasteiger partial charge >= 0.3 is 6.09 Å². The van der Waals surface area contributed by atoms with Crippen molar-refractivity contribution >= 4 is 34.8 Å². The third-order valence-electron chi connectivity index (χ3n) is 2.80. The number of rotatable bonds is 5. The highest BCUT2D eigenvalue weighted by Gasteiger charge is 2.23. The molecule has 1 aliphatic rings. The first kappa shape index (κ1) is 13.4. The van der Waals surface area contributed by atoms with Crippen LogP contribution in [0, 0.1) is 16.0 Å². The summed E-state index contributed by atoms with van der Waals surface area (Å²) in [5, 5.41) is 24.8. The van der Waals surface area contributed by atoms with Gasteiger partial charge in [0.25, 0.3) is 5.69 Å². The Morgan fingerprint density at radius 2 is 2.16 bits per heavy atom. The molecule has 0 atom stereocenters. The van der Waals surface area contributed by atoms with Crippen LogP contribution in [0.3, 0.4) is 0 Å². The Morgan fingerprint density at radius 3 is 2.68 bits per heavy atom. The predicted molar refractivity (Wildman–Crippen MR) is 71.0 cm³/mol. The van der Waals surface area contributed by atoms with Crippen molar-refractivity contribution < 1.29 is 14.8 Å². The highest BCUT2D eigenvalue weighted by Crippen LogP contribution is 2.36. The van der Waals surface area contributed by atoms with E-state index in [2.05, 4.69) is 5.32 Å². The van der Waals surface area contributed by atoms with Crippen molar-refractivity contribution in [2.45, 2.75) is 12.8 Å². The maximum absolute atomic E-state index is 10.8. The van der Waals surface area contributed by atoms with Crippen LogP contribution in [0.25, 0.3) is 0 Å². The minimum Gasteiger partial charge on any atom is -0.465 e. The Kier molecular flexibility index (Phi) is 3.75. The molecule has 1 amide bonds. The first-order chi connectivity index (χ1) is 8.97. The number of nitrogens with zero attached hydrogens (tertiary/aromatic N) is 1. The van der Waals surface area contributed by atoms with E-state index in [1.54, 1.807) is 0 Å². The average Bonchev–Trinajstić information content (AvgIpc) is 3.12. The van der Waals surface area contributed by atoms with Crippen molar-refractivity contribution in [3.63, 3.8) is 0 Å². The summed E-state index contributed by atoms with van der Waals surface area (Å²) in [4.78, 5) is 20.8. The quantitative estimate of drug-likeness (QED) is 0.569. The predicted octanol–water partition coefficient (Wildman–Crippen LogP) is 3.16. The van der Waals surface area contributed by atoms with Gasteiger partial charge in [-0.05, 0) is 24.8 Å². The van der Waals surface area contributed by atoms with Crippen LogP contribution in [-0.4, -0.2) is 22.7 Å². The number of amides is 1. The van der Waals surface area contributed by atoms with Crippen LogP contribution in [-0.2, 0) is 0 Å². The minimum absolute atomic E-state index is 0.0970. The van der Waals surface area contributed by atoms with Crippen LogP contribution in [0.2, 0.25) is 5.02 Å². The molecule has 0 unspecified atom stereocenters. The Morgan fingerprint density at radius 1 is 1.47 bits per heavy atom. The molecule has 0 spiro atoms. The van der Waals surface area contributed by atoms with Gasteiger partial charge in [-0.15, -0.1) is 0 Å². The highest BCUT2D eigenvalue weighted by molar-refractivity contribution is 6.33. The van der Waals surface area contributed by atoms with Gasteiger partial charge in [0, 0.05) is 12.6 Å². The number of nitro groups is 1. The Balaban J connectivity index is 2.27. The van der Waals surface area contributed by atoms with Crippen molar-refractivity contribution in [1.29, 1.82) is 0 Å². The maximum Gasteiger partial charge on any atom is 0.409 e. The molecule has 1 fully saturated rings. The number of hydrogen-bond donors (Lipinski definition) is 3. The number of carbonyl (C=O) groups is 1. The molecule has 0 heterocycles. The Hall–Kier alpha value is -2.02. The van der Waals surface area contributed by atoms with Crippen LogP contribution in [0.1, 0.15) is 12.8 Å². The number of benzene rings is 1. The van der Waals surface area contributed by atoms with Gasteiger partial charge in [0.15, 0.2) is 0 Å². The van der Waals surface area contributed by atoms with Gasteiger partial charge in [-0.25, -0.2) is 4.79 Å². The molecular formula is C11H12ClN3O4. The molecule has 0 aromatic heterocycles. The van der Waals surface area contributed by atoms with Gasteiger partial charge in [-0.3, -0.25) is 15.4 Å². The number of nitrogens with one attached hydrogen (secondary N) is 2. The number of anilines is 2. The lowest BCUT2D eigenvalue weighted by Gasteiger charge is -2.10. The molecule has 0 bridgehead atoms. The number of halogens is 1. The van der Waals surface area contributed by atoms with Gasteiger partial charge in [-0.2, -0.15) is 0 Å². The van der Waals surface area contributed by atoms with Crippen LogP contribution < -0.4 is 10.6 Å². The number of hydrogen-bond acceptors (Lipinski definition) is 4. The second-order valence-electron chi connectivity index (χ2n) is 4.36. The van der Waals surface area contributed by atoms with Gasteiger partial charge in [0.05, 0.1) is 15.6 Å². The van der Waals surface area contributed by atoms with Crippen molar-refractivity contribution in [3.8, 4) is 0 Å². The van der Waals surface area contributed by atoms with Gasteiger partial charge in [0.2, 0.25) is 0 Å². The van der Waals surface area contributed by atoms with Gasteiger partial charge in [0.1, 0.15) is 5.69 Å². The summed E-state index contributed by atoms with van der Waals surface area (Å²) in [5.41, 5.74) is 0.0208. The summed E-state index contributed by atoms with van der Waals surface area (Å²) in [5.74, 6) is 0.599. The monoisotopic (exact) mass is 285 g/mol. The normalized spacial score (nSPS) is 13.9. The van der Waals surface area contributed by atoms with E-state index in [1.807, 2.05) is 5.32 Å². The molecule has 1 saturated carbocycles. The molecule has 2 rings (SSSR count). The fourth-order valence-electron chi connectivity index (χ4n) is 1.64. The SMILES string of the molecule is O=C(O)Nc1cc(NCC2CC2)c(Cl)cc1[N+](=O)[O-]. The van der Waals surface area contributed by atoms with Crippen LogP contribution >= 0.6 is 11.6 Å². The first-order valence-corrected chi connectivity index (χ1v) is 6.07. The summed E-state index contributed by atoms with van der Waals surface area (Å²) in [6, 6.07) is 2.49. The second-order valence-corrected chi connectivity index (χ2v) is 4.77. The molecule has 102 valence electrons. The standard InChI is InChI=1S/C11H12ClN3O4/c12-7-3-10(15(18)19)9(14-11(16)17)4-8(7)13-5-6-1-2-6/h3-4,6,13-14H,1-2,5H2,(H,16,17). The minimum atomic E-state index is -1.36. The largest absolute Gasteiger partial charge is 0.465 e. The van der Waals surface area contributed by atoms with Gasteiger partial charge in [-0.1, -0.05) is 11.6 Å². The van der Waals surface area contributed by atoms with Crippen LogP contribution in [0.4, 0.5) is 21.9 Å². The third-order valence-corrected chi connectivity index (χ3v) is 3.11. The van der Waals surface area contributed by atoms with Crippen molar-refractivity contribution in [2.75, 3.05) is 17.2 Å². The molecule has 7 nitrogen and oxygen atoms in total. The molecule has 1 aromatic carbocycles. The zero-order valence-electron chi connectivity index (χ0n) is 9.85. The number of nitro benzene ring substituents is 1. The second kappa shape index (κ2) is 5.31. The van der Waals surface area contributed by atoms with Gasteiger partial charge < -0.3 is 10.4 Å². The third kappa shape index (κ3) is 3.47. The molecule has 0 aliphatic heterocycles. The lowest BCUT2D eigenvalue weighted by molar-refractivity contribution is -0.383. The average molecular weight is 286 g/mol. The van der Waals surface area contributed by atoms with Crippen LogP contribution in [0.5, 0.6) is 0 Å². The molecule has 1 aliphatic carbocycles. The highest BCUT2D eigenvalue weighted by atomic mass is 35.5. The lowest BCUT2D eigenvalue weighted by atomic mass is 10.2. The Bertz CT molecular complexity index is 531. The van der Waals surface area contributed by atoms with Crippen LogP contribution in [0.15, 0.2) is 12.1 Å². The van der Waals surface area contributed by atoms with E-state index in [-0.39, 0.29) is 16.4 Å².